The third-order valence-corrected chi connectivity index (χ3v) is 3.47. The lowest BCUT2D eigenvalue weighted by Crippen LogP contribution is -2.36. The van der Waals surface area contributed by atoms with Crippen molar-refractivity contribution >= 4 is 17.4 Å². The Hall–Kier alpha value is -1.08. The fourth-order valence-electron chi connectivity index (χ4n) is 2.26. The summed E-state index contributed by atoms with van der Waals surface area (Å²) < 4.78 is 43.1. The van der Waals surface area contributed by atoms with E-state index in [1.54, 1.807) is 12.0 Å². The molecule has 0 aliphatic carbocycles. The summed E-state index contributed by atoms with van der Waals surface area (Å²) >= 11 is 5.66. The van der Waals surface area contributed by atoms with Crippen LogP contribution in [0, 0.1) is 5.92 Å². The third-order valence-electron chi connectivity index (χ3n) is 3.28. The molecule has 0 saturated carbocycles. The van der Waals surface area contributed by atoms with Crippen molar-refractivity contribution in [2.45, 2.75) is 19.0 Å². The Morgan fingerprint density at radius 2 is 2.00 bits per heavy atom. The van der Waals surface area contributed by atoms with Crippen LogP contribution in [0.5, 0.6) is 0 Å². The lowest BCUT2D eigenvalue weighted by molar-refractivity contribution is -0.144. The van der Waals surface area contributed by atoms with Crippen molar-refractivity contribution in [3.63, 3.8) is 0 Å². The highest BCUT2D eigenvalue weighted by atomic mass is 35.5. The Bertz CT molecular complexity index is 462. The number of rotatable bonds is 3. The van der Waals surface area contributed by atoms with E-state index in [-0.39, 0.29) is 11.0 Å². The molecule has 0 amide bonds. The zero-order valence-corrected chi connectivity index (χ0v) is 11.7. The van der Waals surface area contributed by atoms with Crippen molar-refractivity contribution in [1.29, 1.82) is 0 Å². The number of methoxy groups -OCH3 is 1. The van der Waals surface area contributed by atoms with Gasteiger partial charge in [-0.3, -0.25) is 0 Å². The molecule has 8 heteroatoms. The Morgan fingerprint density at radius 3 is 2.55 bits per heavy atom. The van der Waals surface area contributed by atoms with E-state index in [1.807, 2.05) is 0 Å². The Labute approximate surface area is 119 Å². The number of anilines is 1. The van der Waals surface area contributed by atoms with Gasteiger partial charge in [-0.25, -0.2) is 9.97 Å². The molecular formula is C12H15ClF3N3O. The van der Waals surface area contributed by atoms with Gasteiger partial charge in [0.15, 0.2) is 0 Å². The molecule has 0 N–H and O–H groups in total. The van der Waals surface area contributed by atoms with Crippen LogP contribution in [0.15, 0.2) is 6.07 Å². The van der Waals surface area contributed by atoms with Gasteiger partial charge in [0.05, 0.1) is 0 Å². The van der Waals surface area contributed by atoms with E-state index >= 15 is 0 Å². The molecule has 1 aliphatic rings. The van der Waals surface area contributed by atoms with Gasteiger partial charge in [0.1, 0.15) is 11.0 Å². The molecular weight excluding hydrogens is 295 g/mol. The minimum atomic E-state index is -4.59. The van der Waals surface area contributed by atoms with Crippen LogP contribution in [0.3, 0.4) is 0 Å². The van der Waals surface area contributed by atoms with Crippen molar-refractivity contribution in [3.05, 3.63) is 17.0 Å². The van der Waals surface area contributed by atoms with E-state index in [9.17, 15) is 13.2 Å². The zero-order valence-electron chi connectivity index (χ0n) is 11.0. The van der Waals surface area contributed by atoms with Gasteiger partial charge in [-0.2, -0.15) is 13.2 Å². The van der Waals surface area contributed by atoms with Crippen molar-refractivity contribution in [1.82, 2.24) is 9.97 Å². The molecule has 1 aromatic heterocycles. The molecule has 0 atom stereocenters. The maximum Gasteiger partial charge on any atom is 0.451 e. The van der Waals surface area contributed by atoms with Crippen LogP contribution in [-0.4, -0.2) is 36.8 Å². The molecule has 0 aromatic carbocycles. The molecule has 2 heterocycles. The highest BCUT2D eigenvalue weighted by Gasteiger charge is 2.36. The molecule has 112 valence electrons. The van der Waals surface area contributed by atoms with Crippen molar-refractivity contribution < 1.29 is 17.9 Å². The number of hydrogen-bond donors (Lipinski definition) is 0. The van der Waals surface area contributed by atoms with Crippen molar-refractivity contribution in [2.24, 2.45) is 5.92 Å². The molecule has 20 heavy (non-hydrogen) atoms. The molecule has 4 nitrogen and oxygen atoms in total. The summed E-state index contributed by atoms with van der Waals surface area (Å²) in [5, 5.41) is -0.193. The van der Waals surface area contributed by atoms with E-state index in [0.29, 0.717) is 25.6 Å². The number of nitrogens with zero attached hydrogens (tertiary/aromatic N) is 3. The topological polar surface area (TPSA) is 38.2 Å². The second kappa shape index (κ2) is 6.13. The number of piperidine rings is 1. The van der Waals surface area contributed by atoms with Gasteiger partial charge in [-0.1, -0.05) is 11.6 Å². The number of alkyl halides is 3. The summed E-state index contributed by atoms with van der Waals surface area (Å²) in [7, 11) is 1.65. The average molecular weight is 310 g/mol. The van der Waals surface area contributed by atoms with Crippen molar-refractivity contribution in [3.8, 4) is 0 Å². The number of ether oxygens (including phenoxy) is 1. The van der Waals surface area contributed by atoms with Crippen LogP contribution in [0.2, 0.25) is 5.15 Å². The Balaban J connectivity index is 2.12. The molecule has 0 spiro atoms. The van der Waals surface area contributed by atoms with Crippen LogP contribution < -0.4 is 4.90 Å². The molecule has 0 unspecified atom stereocenters. The Kier molecular flexibility index (Phi) is 4.70. The van der Waals surface area contributed by atoms with Crippen LogP contribution in [-0.2, 0) is 10.9 Å². The maximum absolute atomic E-state index is 12.7. The first kappa shape index (κ1) is 15.3. The van der Waals surface area contributed by atoms with Crippen LogP contribution >= 0.6 is 11.6 Å². The fourth-order valence-corrected chi connectivity index (χ4v) is 2.44. The first-order valence-corrected chi connectivity index (χ1v) is 6.63. The number of aromatic nitrogens is 2. The molecule has 0 radical (unpaired) electrons. The highest BCUT2D eigenvalue weighted by molar-refractivity contribution is 6.29. The normalized spacial score (nSPS) is 17.6. The second-order valence-corrected chi connectivity index (χ2v) is 5.14. The van der Waals surface area contributed by atoms with Gasteiger partial charge < -0.3 is 9.64 Å². The summed E-state index contributed by atoms with van der Waals surface area (Å²) in [4.78, 5) is 8.60. The second-order valence-electron chi connectivity index (χ2n) is 4.76. The highest BCUT2D eigenvalue weighted by Crippen LogP contribution is 2.30. The average Bonchev–Trinajstić information content (AvgIpc) is 2.38. The van der Waals surface area contributed by atoms with E-state index < -0.39 is 12.0 Å². The molecule has 1 aliphatic heterocycles. The van der Waals surface area contributed by atoms with Gasteiger partial charge >= 0.3 is 6.18 Å². The standard InChI is InChI=1S/C12H15ClF3N3O/c1-20-7-8-2-4-19(5-3-8)10-6-9(13)17-11(18-10)12(14,15)16/h6,8H,2-5,7H2,1H3. The summed E-state index contributed by atoms with van der Waals surface area (Å²) in [5.41, 5.74) is 0. The van der Waals surface area contributed by atoms with E-state index in [1.165, 1.54) is 6.07 Å². The minimum absolute atomic E-state index is 0.193. The predicted molar refractivity (Wildman–Crippen MR) is 68.9 cm³/mol. The first-order chi connectivity index (χ1) is 9.40. The fraction of sp³-hybridized carbons (Fsp3) is 0.667. The molecule has 1 saturated heterocycles. The van der Waals surface area contributed by atoms with Crippen molar-refractivity contribution in [2.75, 3.05) is 31.7 Å². The first-order valence-electron chi connectivity index (χ1n) is 6.26. The van der Waals surface area contributed by atoms with Crippen LogP contribution in [0.1, 0.15) is 18.7 Å². The van der Waals surface area contributed by atoms with Crippen LogP contribution in [0.4, 0.5) is 19.0 Å². The summed E-state index contributed by atoms with van der Waals surface area (Å²) in [6, 6.07) is 1.37. The lowest BCUT2D eigenvalue weighted by atomic mass is 9.98. The minimum Gasteiger partial charge on any atom is -0.384 e. The van der Waals surface area contributed by atoms with E-state index in [0.717, 1.165) is 12.8 Å². The van der Waals surface area contributed by atoms with Gasteiger partial charge in [0.25, 0.3) is 0 Å². The van der Waals surface area contributed by atoms with Gasteiger partial charge in [-0.15, -0.1) is 0 Å². The zero-order chi connectivity index (χ0) is 14.8. The molecule has 2 rings (SSSR count). The van der Waals surface area contributed by atoms with Gasteiger partial charge in [0, 0.05) is 32.9 Å². The molecule has 0 bridgehead atoms. The Morgan fingerprint density at radius 1 is 1.35 bits per heavy atom. The lowest BCUT2D eigenvalue weighted by Gasteiger charge is -2.32. The third kappa shape index (κ3) is 3.73. The monoisotopic (exact) mass is 309 g/mol. The maximum atomic E-state index is 12.7. The SMILES string of the molecule is COCC1CCN(c2cc(Cl)nc(C(F)(F)F)n2)CC1. The number of hydrogen-bond acceptors (Lipinski definition) is 4. The van der Waals surface area contributed by atoms with Gasteiger partial charge in [-0.05, 0) is 18.8 Å². The van der Waals surface area contributed by atoms with E-state index in [2.05, 4.69) is 9.97 Å². The predicted octanol–water partition coefficient (Wildman–Crippen LogP) is 3.01. The quantitative estimate of drug-likeness (QED) is 0.805. The largest absolute Gasteiger partial charge is 0.451 e. The molecule has 1 fully saturated rings. The smallest absolute Gasteiger partial charge is 0.384 e. The molecule has 1 aromatic rings. The summed E-state index contributed by atoms with van der Waals surface area (Å²) in [6.45, 7) is 1.95. The summed E-state index contributed by atoms with van der Waals surface area (Å²) in [6.07, 6.45) is -2.87. The number of halogens is 4. The van der Waals surface area contributed by atoms with Crippen LogP contribution in [0.25, 0.3) is 0 Å². The van der Waals surface area contributed by atoms with E-state index in [4.69, 9.17) is 16.3 Å². The van der Waals surface area contributed by atoms with Gasteiger partial charge in [0.2, 0.25) is 5.82 Å². The summed E-state index contributed by atoms with van der Waals surface area (Å²) in [5.74, 6) is -0.525.